The van der Waals surface area contributed by atoms with Gasteiger partial charge in [-0.05, 0) is 24.1 Å². The SMILES string of the molecule is CC(Cc1ccc(Cl)cc1Cl)C(=O)N1CSCC1C(=O)N1CCSCC1. The van der Waals surface area contributed by atoms with E-state index in [9.17, 15) is 9.59 Å². The number of halogens is 2. The Morgan fingerprint density at radius 2 is 1.96 bits per heavy atom. The first-order valence-corrected chi connectivity index (χ1v) is 11.7. The molecule has 26 heavy (non-hydrogen) atoms. The lowest BCUT2D eigenvalue weighted by Crippen LogP contribution is -2.52. The number of carbonyl (C=O) groups excluding carboxylic acids is 2. The van der Waals surface area contributed by atoms with Crippen molar-refractivity contribution in [2.45, 2.75) is 19.4 Å². The van der Waals surface area contributed by atoms with Crippen LogP contribution in [-0.2, 0) is 16.0 Å². The van der Waals surface area contributed by atoms with Gasteiger partial charge in [-0.25, -0.2) is 0 Å². The van der Waals surface area contributed by atoms with E-state index >= 15 is 0 Å². The molecule has 2 aliphatic rings. The quantitative estimate of drug-likeness (QED) is 0.727. The van der Waals surface area contributed by atoms with E-state index in [1.165, 1.54) is 0 Å². The van der Waals surface area contributed by atoms with Crippen LogP contribution in [-0.4, -0.2) is 63.9 Å². The molecule has 0 aliphatic carbocycles. The van der Waals surface area contributed by atoms with Crippen molar-refractivity contribution in [1.29, 1.82) is 0 Å². The predicted molar refractivity (Wildman–Crippen MR) is 111 cm³/mol. The van der Waals surface area contributed by atoms with Gasteiger partial charge in [0.25, 0.3) is 0 Å². The van der Waals surface area contributed by atoms with E-state index in [2.05, 4.69) is 0 Å². The van der Waals surface area contributed by atoms with Crippen LogP contribution < -0.4 is 0 Å². The maximum atomic E-state index is 13.0. The van der Waals surface area contributed by atoms with E-state index in [1.807, 2.05) is 29.7 Å². The molecule has 0 radical (unpaired) electrons. The van der Waals surface area contributed by atoms with Crippen LogP contribution >= 0.6 is 46.7 Å². The average molecular weight is 433 g/mol. The Kier molecular flexibility index (Phi) is 7.05. The molecule has 8 heteroatoms. The van der Waals surface area contributed by atoms with Crippen molar-refractivity contribution in [3.63, 3.8) is 0 Å². The first-order chi connectivity index (χ1) is 12.5. The number of nitrogens with zero attached hydrogens (tertiary/aromatic N) is 2. The van der Waals surface area contributed by atoms with Gasteiger partial charge >= 0.3 is 0 Å². The summed E-state index contributed by atoms with van der Waals surface area (Å²) >= 11 is 15.7. The number of hydrogen-bond acceptors (Lipinski definition) is 4. The Bertz CT molecular complexity index is 683. The monoisotopic (exact) mass is 432 g/mol. The second-order valence-electron chi connectivity index (χ2n) is 6.60. The molecule has 2 atom stereocenters. The number of benzene rings is 1. The van der Waals surface area contributed by atoms with E-state index < -0.39 is 0 Å². The second-order valence-corrected chi connectivity index (χ2v) is 9.67. The topological polar surface area (TPSA) is 40.6 Å². The van der Waals surface area contributed by atoms with Crippen LogP contribution in [0.3, 0.4) is 0 Å². The molecule has 0 aromatic heterocycles. The van der Waals surface area contributed by atoms with Gasteiger partial charge in [0, 0.05) is 46.3 Å². The highest BCUT2D eigenvalue weighted by Gasteiger charge is 2.38. The second kappa shape index (κ2) is 9.09. The van der Waals surface area contributed by atoms with Gasteiger partial charge in [-0.3, -0.25) is 9.59 Å². The zero-order valence-corrected chi connectivity index (χ0v) is 17.8. The molecular weight excluding hydrogens is 411 g/mol. The lowest BCUT2D eigenvalue weighted by molar-refractivity contribution is -0.145. The predicted octanol–water partition coefficient (Wildman–Crippen LogP) is 3.65. The highest BCUT2D eigenvalue weighted by molar-refractivity contribution is 7.99. The third kappa shape index (κ3) is 4.64. The van der Waals surface area contributed by atoms with Crippen LogP contribution in [0.15, 0.2) is 18.2 Å². The Morgan fingerprint density at radius 1 is 1.23 bits per heavy atom. The highest BCUT2D eigenvalue weighted by atomic mass is 35.5. The molecule has 2 saturated heterocycles. The van der Waals surface area contributed by atoms with Crippen LogP contribution in [0.25, 0.3) is 0 Å². The molecule has 0 spiro atoms. The van der Waals surface area contributed by atoms with Gasteiger partial charge in [-0.1, -0.05) is 36.2 Å². The van der Waals surface area contributed by atoms with E-state index in [0.717, 1.165) is 30.2 Å². The average Bonchev–Trinajstić information content (AvgIpc) is 3.13. The van der Waals surface area contributed by atoms with Crippen LogP contribution in [0.4, 0.5) is 0 Å². The Hall–Kier alpha value is -0.560. The van der Waals surface area contributed by atoms with E-state index in [-0.39, 0.29) is 23.8 Å². The van der Waals surface area contributed by atoms with Crippen molar-refractivity contribution >= 4 is 58.5 Å². The number of carbonyl (C=O) groups is 2. The molecule has 1 aromatic carbocycles. The molecule has 0 bridgehead atoms. The lowest BCUT2D eigenvalue weighted by Gasteiger charge is -2.33. The maximum absolute atomic E-state index is 13.0. The standard InChI is InChI=1S/C18H22Cl2N2O2S2/c1-12(8-13-2-3-14(19)9-15(13)20)17(23)22-11-26-10-16(22)18(24)21-4-6-25-7-5-21/h2-3,9,12,16H,4-8,10-11H2,1H3. The Balaban J connectivity index is 1.66. The van der Waals surface area contributed by atoms with Crippen LogP contribution in [0.5, 0.6) is 0 Å². The summed E-state index contributed by atoms with van der Waals surface area (Å²) in [4.78, 5) is 29.5. The van der Waals surface area contributed by atoms with Crippen LogP contribution in [0.1, 0.15) is 12.5 Å². The summed E-state index contributed by atoms with van der Waals surface area (Å²) in [5.74, 6) is 3.10. The first-order valence-electron chi connectivity index (χ1n) is 8.66. The smallest absolute Gasteiger partial charge is 0.246 e. The van der Waals surface area contributed by atoms with E-state index in [0.29, 0.717) is 28.1 Å². The summed E-state index contributed by atoms with van der Waals surface area (Å²) in [6.07, 6.45) is 0.539. The summed E-state index contributed by atoms with van der Waals surface area (Å²) < 4.78 is 0. The molecule has 142 valence electrons. The van der Waals surface area contributed by atoms with Gasteiger partial charge in [0.15, 0.2) is 0 Å². The zero-order valence-electron chi connectivity index (χ0n) is 14.6. The normalized spacial score (nSPS) is 21.7. The minimum Gasteiger partial charge on any atom is -0.339 e. The van der Waals surface area contributed by atoms with Crippen molar-refractivity contribution in [1.82, 2.24) is 9.80 Å². The fraction of sp³-hybridized carbons (Fsp3) is 0.556. The summed E-state index contributed by atoms with van der Waals surface area (Å²) in [7, 11) is 0. The number of rotatable bonds is 4. The fourth-order valence-electron chi connectivity index (χ4n) is 3.25. The summed E-state index contributed by atoms with van der Waals surface area (Å²) in [6.45, 7) is 3.46. The van der Waals surface area contributed by atoms with Crippen molar-refractivity contribution in [3.05, 3.63) is 33.8 Å². The number of thioether (sulfide) groups is 2. The summed E-state index contributed by atoms with van der Waals surface area (Å²) in [5, 5.41) is 1.16. The van der Waals surface area contributed by atoms with Gasteiger partial charge in [0.05, 0.1) is 5.88 Å². The van der Waals surface area contributed by atoms with Crippen molar-refractivity contribution in [2.24, 2.45) is 5.92 Å². The molecule has 2 fully saturated rings. The van der Waals surface area contributed by atoms with E-state index in [4.69, 9.17) is 23.2 Å². The Labute approximate surface area is 172 Å². The molecule has 3 rings (SSSR count). The molecule has 2 unspecified atom stereocenters. The maximum Gasteiger partial charge on any atom is 0.246 e. The molecular formula is C18H22Cl2N2O2S2. The molecule has 0 N–H and O–H groups in total. The summed E-state index contributed by atoms with van der Waals surface area (Å²) in [5.41, 5.74) is 0.902. The molecule has 1 aromatic rings. The van der Waals surface area contributed by atoms with Gasteiger partial charge in [-0.15, -0.1) is 11.8 Å². The molecule has 2 aliphatic heterocycles. The first kappa shape index (κ1) is 20.2. The zero-order chi connectivity index (χ0) is 18.7. The Morgan fingerprint density at radius 3 is 2.65 bits per heavy atom. The molecule has 0 saturated carbocycles. The van der Waals surface area contributed by atoms with Crippen LogP contribution in [0, 0.1) is 5.92 Å². The molecule has 2 amide bonds. The number of hydrogen-bond donors (Lipinski definition) is 0. The minimum atomic E-state index is -0.335. The van der Waals surface area contributed by atoms with E-state index in [1.54, 1.807) is 28.8 Å². The van der Waals surface area contributed by atoms with Crippen molar-refractivity contribution in [3.8, 4) is 0 Å². The summed E-state index contributed by atoms with van der Waals surface area (Å²) in [6, 6.07) is 5.01. The molecule has 4 nitrogen and oxygen atoms in total. The minimum absolute atomic E-state index is 0.0192. The lowest BCUT2D eigenvalue weighted by atomic mass is 9.99. The van der Waals surface area contributed by atoms with Gasteiger partial charge in [0.2, 0.25) is 11.8 Å². The molecule has 2 heterocycles. The van der Waals surface area contributed by atoms with Gasteiger partial charge < -0.3 is 9.80 Å². The van der Waals surface area contributed by atoms with Gasteiger partial charge in [-0.2, -0.15) is 11.8 Å². The number of amides is 2. The van der Waals surface area contributed by atoms with Crippen molar-refractivity contribution in [2.75, 3.05) is 36.2 Å². The van der Waals surface area contributed by atoms with Crippen LogP contribution in [0.2, 0.25) is 10.0 Å². The van der Waals surface area contributed by atoms with Crippen molar-refractivity contribution < 1.29 is 9.59 Å². The highest BCUT2D eigenvalue weighted by Crippen LogP contribution is 2.28. The third-order valence-electron chi connectivity index (χ3n) is 4.74. The fourth-order valence-corrected chi connectivity index (χ4v) is 5.79. The third-order valence-corrected chi connectivity index (χ3v) is 7.28. The van der Waals surface area contributed by atoms with Gasteiger partial charge in [0.1, 0.15) is 6.04 Å². The largest absolute Gasteiger partial charge is 0.339 e.